The van der Waals surface area contributed by atoms with Gasteiger partial charge in [0, 0.05) is 48.6 Å². The number of piperidine rings is 1. The van der Waals surface area contributed by atoms with Gasteiger partial charge in [-0.2, -0.15) is 9.97 Å². The van der Waals surface area contributed by atoms with Crippen LogP contribution in [-0.4, -0.2) is 84.4 Å². The van der Waals surface area contributed by atoms with Crippen molar-refractivity contribution in [1.29, 1.82) is 0 Å². The Bertz CT molecular complexity index is 2030. The van der Waals surface area contributed by atoms with E-state index >= 15 is 4.39 Å². The van der Waals surface area contributed by atoms with Crippen molar-refractivity contribution >= 4 is 37.3 Å². The predicted molar refractivity (Wildman–Crippen MR) is 171 cm³/mol. The van der Waals surface area contributed by atoms with Crippen molar-refractivity contribution in [3.63, 3.8) is 0 Å². The predicted octanol–water partition coefficient (Wildman–Crippen LogP) is 5.38. The van der Waals surface area contributed by atoms with Crippen LogP contribution in [0, 0.1) is 24.0 Å². The first kappa shape index (κ1) is 30.6. The zero-order valence-electron chi connectivity index (χ0n) is 25.3. The van der Waals surface area contributed by atoms with Crippen molar-refractivity contribution in [2.24, 2.45) is 0 Å². The van der Waals surface area contributed by atoms with Gasteiger partial charge in [-0.25, -0.2) is 21.6 Å². The van der Waals surface area contributed by atoms with E-state index in [1.165, 1.54) is 36.6 Å². The minimum absolute atomic E-state index is 0.0403. The second-order valence-corrected chi connectivity index (χ2v) is 15.0. The maximum absolute atomic E-state index is 16.8. The van der Waals surface area contributed by atoms with Crippen LogP contribution in [-0.2, 0) is 9.84 Å². The van der Waals surface area contributed by atoms with Crippen molar-refractivity contribution in [2.75, 3.05) is 43.9 Å². The lowest BCUT2D eigenvalue weighted by Gasteiger charge is -2.33. The molecular weight excluding hydrogens is 617 g/mol. The summed E-state index contributed by atoms with van der Waals surface area (Å²) in [5.41, 5.74) is -0.371. The molecule has 3 aromatic carbocycles. The van der Waals surface area contributed by atoms with E-state index in [0.717, 1.165) is 19.4 Å². The van der Waals surface area contributed by atoms with Gasteiger partial charge in [0.1, 0.15) is 45.5 Å². The first-order valence-electron chi connectivity index (χ1n) is 15.4. The molecule has 2 unspecified atom stereocenters. The summed E-state index contributed by atoms with van der Waals surface area (Å²) < 4.78 is 76.6. The summed E-state index contributed by atoms with van der Waals surface area (Å²) in [6, 6.07) is 8.53. The second-order valence-electron chi connectivity index (χ2n) is 12.7. The van der Waals surface area contributed by atoms with Crippen LogP contribution in [0.3, 0.4) is 0 Å². The summed E-state index contributed by atoms with van der Waals surface area (Å²) in [4.78, 5) is 13.2. The zero-order valence-corrected chi connectivity index (χ0v) is 26.1. The quantitative estimate of drug-likeness (QED) is 0.278. The molecule has 46 heavy (non-hydrogen) atoms. The van der Waals surface area contributed by atoms with Crippen LogP contribution in [0.1, 0.15) is 37.7 Å². The van der Waals surface area contributed by atoms with E-state index in [1.807, 2.05) is 4.90 Å². The fourth-order valence-electron chi connectivity index (χ4n) is 7.56. The Hall–Kier alpha value is -4.08. The maximum atomic E-state index is 16.8. The average molecular weight is 651 g/mol. The third kappa shape index (κ3) is 5.19. The molecule has 2 atom stereocenters. The highest BCUT2D eigenvalue weighted by atomic mass is 32.2. The molecule has 0 amide bonds. The lowest BCUT2D eigenvalue weighted by Crippen LogP contribution is -2.43. The van der Waals surface area contributed by atoms with Crippen LogP contribution in [0.25, 0.3) is 32.8 Å². The fourth-order valence-corrected chi connectivity index (χ4v) is 8.63. The van der Waals surface area contributed by atoms with E-state index in [9.17, 15) is 22.3 Å². The minimum Gasteiger partial charge on any atom is -0.508 e. The molecule has 3 saturated heterocycles. The molecule has 0 bridgehead atoms. The van der Waals surface area contributed by atoms with Gasteiger partial charge in [-0.05, 0) is 67.4 Å². The molecule has 7 rings (SSSR count). The topological polar surface area (TPSA) is 95.9 Å². The van der Waals surface area contributed by atoms with E-state index in [0.29, 0.717) is 55.5 Å². The standard InChI is InChI=1S/C34H33F3N4O4S/c1-3-24-28(36)8-5-20-15-22(42)16-27(29(20)24)25-6-7-26-31(30(25)37)38-33(45-19-34-11-4-12-41(34)18-21(35)17-34)39-32(26)40-13-9-23(10-14-40)46(2,43)44/h1,5-8,15-16,21,23,42H,4,9-14,17-19H2,2H3. The van der Waals surface area contributed by atoms with E-state index < -0.39 is 38.4 Å². The molecule has 3 aliphatic rings. The van der Waals surface area contributed by atoms with E-state index in [-0.39, 0.29) is 46.0 Å². The van der Waals surface area contributed by atoms with Gasteiger partial charge in [-0.1, -0.05) is 18.1 Å². The number of hydrogen-bond acceptors (Lipinski definition) is 8. The molecule has 240 valence electrons. The van der Waals surface area contributed by atoms with Gasteiger partial charge >= 0.3 is 6.01 Å². The number of aromatic hydroxyl groups is 1. The number of halogens is 3. The molecule has 4 aromatic rings. The zero-order chi connectivity index (χ0) is 32.4. The number of sulfone groups is 1. The molecule has 0 saturated carbocycles. The van der Waals surface area contributed by atoms with Crippen LogP contribution in [0.2, 0.25) is 0 Å². The van der Waals surface area contributed by atoms with Crippen LogP contribution in [0.15, 0.2) is 36.4 Å². The Morgan fingerprint density at radius 2 is 1.89 bits per heavy atom. The Morgan fingerprint density at radius 3 is 2.63 bits per heavy atom. The van der Waals surface area contributed by atoms with Crippen molar-refractivity contribution in [2.45, 2.75) is 49.1 Å². The third-order valence-corrected chi connectivity index (χ3v) is 11.5. The van der Waals surface area contributed by atoms with Gasteiger partial charge in [0.25, 0.3) is 0 Å². The molecule has 1 aromatic heterocycles. The van der Waals surface area contributed by atoms with Crippen LogP contribution in [0.4, 0.5) is 19.0 Å². The van der Waals surface area contributed by atoms with Gasteiger partial charge in [-0.3, -0.25) is 4.90 Å². The number of fused-ring (bicyclic) bond motifs is 3. The summed E-state index contributed by atoms with van der Waals surface area (Å²) >= 11 is 0. The van der Waals surface area contributed by atoms with Crippen LogP contribution in [0.5, 0.6) is 11.8 Å². The van der Waals surface area contributed by atoms with Gasteiger partial charge in [-0.15, -0.1) is 6.42 Å². The van der Waals surface area contributed by atoms with Gasteiger partial charge in [0.2, 0.25) is 0 Å². The third-order valence-electron chi connectivity index (χ3n) is 9.83. The number of rotatable bonds is 6. The SMILES string of the molecule is C#Cc1c(F)ccc2cc(O)cc(-c3ccc4c(N5CCC(S(C)(=O)=O)CC5)nc(OCC56CCCN5CC(F)C6)nc4c3F)c12. The van der Waals surface area contributed by atoms with Gasteiger partial charge < -0.3 is 14.7 Å². The monoisotopic (exact) mass is 650 g/mol. The lowest BCUT2D eigenvalue weighted by molar-refractivity contribution is 0.107. The summed E-state index contributed by atoms with van der Waals surface area (Å²) in [6.07, 6.45) is 8.73. The van der Waals surface area contributed by atoms with Crippen molar-refractivity contribution in [3.05, 3.63) is 53.6 Å². The smallest absolute Gasteiger partial charge is 0.319 e. The highest BCUT2D eigenvalue weighted by Crippen LogP contribution is 2.42. The molecule has 0 spiro atoms. The second kappa shape index (κ2) is 11.3. The number of terminal acetylenes is 1. The summed E-state index contributed by atoms with van der Waals surface area (Å²) in [6.45, 7) is 2.00. The van der Waals surface area contributed by atoms with E-state index in [2.05, 4.69) is 15.8 Å². The first-order chi connectivity index (χ1) is 22.0. The van der Waals surface area contributed by atoms with Crippen LogP contribution >= 0.6 is 0 Å². The number of nitrogens with zero attached hydrogens (tertiary/aromatic N) is 4. The molecule has 8 nitrogen and oxygen atoms in total. The number of hydrogen-bond donors (Lipinski definition) is 1. The van der Waals surface area contributed by atoms with Crippen molar-refractivity contribution in [1.82, 2.24) is 14.9 Å². The largest absolute Gasteiger partial charge is 0.508 e. The highest BCUT2D eigenvalue weighted by Gasteiger charge is 2.49. The maximum Gasteiger partial charge on any atom is 0.319 e. The number of alkyl halides is 1. The Morgan fingerprint density at radius 1 is 1.11 bits per heavy atom. The van der Waals surface area contributed by atoms with Gasteiger partial charge in [0.05, 0.1) is 16.4 Å². The first-order valence-corrected chi connectivity index (χ1v) is 17.3. The fraction of sp³-hybridized carbons (Fsp3) is 0.412. The van der Waals surface area contributed by atoms with Gasteiger partial charge in [0.15, 0.2) is 5.82 Å². The number of aromatic nitrogens is 2. The van der Waals surface area contributed by atoms with E-state index in [4.69, 9.17) is 16.1 Å². The van der Waals surface area contributed by atoms with Crippen molar-refractivity contribution < 1.29 is 31.4 Å². The Balaban J connectivity index is 1.36. The lowest BCUT2D eigenvalue weighted by atomic mass is 9.93. The summed E-state index contributed by atoms with van der Waals surface area (Å²) in [5, 5.41) is 11.1. The number of anilines is 1. The average Bonchev–Trinajstić information content (AvgIpc) is 3.55. The molecule has 0 radical (unpaired) electrons. The number of phenolic OH excluding ortho intramolecular Hbond substituents is 1. The highest BCUT2D eigenvalue weighted by molar-refractivity contribution is 7.91. The molecular formula is C34H33F3N4O4S. The number of benzene rings is 3. The molecule has 3 fully saturated rings. The van der Waals surface area contributed by atoms with Crippen molar-refractivity contribution in [3.8, 4) is 35.2 Å². The molecule has 3 aliphatic heterocycles. The molecule has 1 N–H and O–H groups in total. The number of phenols is 1. The molecule has 12 heteroatoms. The number of ether oxygens (including phenoxy) is 1. The Labute approximate surface area is 265 Å². The summed E-state index contributed by atoms with van der Waals surface area (Å²) in [7, 11) is -3.23. The molecule has 0 aliphatic carbocycles. The normalized spacial score (nSPS) is 22.4. The Kier molecular flexibility index (Phi) is 7.52. The minimum atomic E-state index is -3.23. The van der Waals surface area contributed by atoms with E-state index in [1.54, 1.807) is 6.07 Å². The molecule has 4 heterocycles. The summed E-state index contributed by atoms with van der Waals surface area (Å²) in [5.74, 6) is 1.20. The van der Waals surface area contributed by atoms with Crippen LogP contribution < -0.4 is 9.64 Å².